The molecule has 0 saturated carbocycles. The van der Waals surface area contributed by atoms with Crippen LogP contribution in [0.15, 0.2) is 162 Å². The highest BCUT2D eigenvalue weighted by molar-refractivity contribution is 6.07. The van der Waals surface area contributed by atoms with Gasteiger partial charge in [0.25, 0.3) is 0 Å². The summed E-state index contributed by atoms with van der Waals surface area (Å²) < 4.78 is 66.3. The average molecular weight is 582 g/mol. The highest BCUT2D eigenvalue weighted by Crippen LogP contribution is 2.38. The fourth-order valence-corrected chi connectivity index (χ4v) is 6.12. The summed E-state index contributed by atoms with van der Waals surface area (Å²) in [6.45, 7) is 0. The van der Waals surface area contributed by atoms with Crippen molar-refractivity contribution in [2.24, 2.45) is 0 Å². The molecule has 0 radical (unpaired) electrons. The third-order valence-corrected chi connectivity index (χ3v) is 8.25. The Morgan fingerprint density at radius 1 is 0.489 bits per heavy atom. The van der Waals surface area contributed by atoms with E-state index in [-0.39, 0.29) is 51.7 Å². The minimum atomic E-state index is -0.461. The molecule has 3 aromatic heterocycles. The summed E-state index contributed by atoms with van der Waals surface area (Å²) in [5, 5.41) is 3.83. The Bertz CT molecular complexity index is 2950. The number of hydrogen-bond donors (Lipinski definition) is 0. The minimum absolute atomic E-state index is 0.00368. The smallest absolute Gasteiger partial charge is 0.135 e. The van der Waals surface area contributed by atoms with Crippen LogP contribution in [0.1, 0.15) is 9.60 Å². The fourth-order valence-electron chi connectivity index (χ4n) is 6.12. The predicted octanol–water partition coefficient (Wildman–Crippen LogP) is 11.4. The van der Waals surface area contributed by atoms with Crippen LogP contribution in [0, 0.1) is 0 Å². The van der Waals surface area contributed by atoms with Crippen LogP contribution in [0.2, 0.25) is 0 Å². The molecule has 3 nitrogen and oxygen atoms in total. The summed E-state index contributed by atoms with van der Waals surface area (Å²) >= 11 is 0. The van der Waals surface area contributed by atoms with Gasteiger partial charge in [-0.1, -0.05) is 121 Å². The summed E-state index contributed by atoms with van der Waals surface area (Å²) in [5.74, 6) is 1.52. The van der Waals surface area contributed by atoms with Crippen LogP contribution in [0.5, 0.6) is 0 Å². The molecule has 0 aliphatic carbocycles. The Kier molecular flexibility index (Phi) is 4.40. The molecule has 210 valence electrons. The van der Waals surface area contributed by atoms with Gasteiger partial charge in [-0.2, -0.15) is 0 Å². The predicted molar refractivity (Wildman–Crippen MR) is 186 cm³/mol. The lowest BCUT2D eigenvalue weighted by Crippen LogP contribution is -1.91. The molecule has 0 unspecified atom stereocenters. The van der Waals surface area contributed by atoms with Crippen molar-refractivity contribution < 1.29 is 14.0 Å². The molecule has 0 amide bonds. The first-order chi connectivity index (χ1) is 25.2. The molecule has 45 heavy (non-hydrogen) atoms. The standard InChI is InChI=1S/C42H26N2O/c1-2-13-32-27(8-1)9-6-16-37(32)40-24-23-39(45-40)31-11-5-10-30(26-31)33-20-21-36(35-15-4-3-14-34(33)35)38-22-19-29-18-17-28-12-7-25-43-41(28)42(29)44-38/h1-26H/i7D,12D,17D,18D,19D,22D,25D. The number of benzene rings is 6. The maximum absolute atomic E-state index is 9.00. The van der Waals surface area contributed by atoms with E-state index in [9.17, 15) is 0 Å². The molecule has 0 aliphatic heterocycles. The van der Waals surface area contributed by atoms with Crippen molar-refractivity contribution in [3.63, 3.8) is 0 Å². The average Bonchev–Trinajstić information content (AvgIpc) is 3.67. The Hall–Kier alpha value is -6.06. The van der Waals surface area contributed by atoms with E-state index in [1.165, 1.54) is 0 Å². The molecule has 0 atom stereocenters. The summed E-state index contributed by atoms with van der Waals surface area (Å²) in [4.78, 5) is 8.98. The van der Waals surface area contributed by atoms with E-state index in [1.54, 1.807) is 0 Å². The Morgan fingerprint density at radius 3 is 2.09 bits per heavy atom. The number of hydrogen-bond acceptors (Lipinski definition) is 3. The molecule has 3 heterocycles. The lowest BCUT2D eigenvalue weighted by Gasteiger charge is -2.13. The zero-order valence-electron chi connectivity index (χ0n) is 30.8. The van der Waals surface area contributed by atoms with Gasteiger partial charge in [-0.25, -0.2) is 4.98 Å². The summed E-state index contributed by atoms with van der Waals surface area (Å²) in [6, 6.07) is 36.0. The monoisotopic (exact) mass is 581 g/mol. The first-order valence-corrected chi connectivity index (χ1v) is 14.6. The summed E-state index contributed by atoms with van der Waals surface area (Å²) in [6.07, 6.45) is -0.461. The van der Waals surface area contributed by atoms with Crippen molar-refractivity contribution in [3.8, 4) is 45.0 Å². The van der Waals surface area contributed by atoms with Crippen molar-refractivity contribution >= 4 is 43.4 Å². The number of nitrogens with zero attached hydrogens (tertiary/aromatic N) is 2. The number of rotatable bonds is 4. The molecule has 0 fully saturated rings. The van der Waals surface area contributed by atoms with Crippen molar-refractivity contribution in [2.45, 2.75) is 0 Å². The van der Waals surface area contributed by atoms with Gasteiger partial charge in [-0.05, 0) is 63.0 Å². The number of furan rings is 1. The summed E-state index contributed by atoms with van der Waals surface area (Å²) in [5.41, 5.74) is 4.66. The maximum atomic E-state index is 9.00. The SMILES string of the molecule is [2H]c1nc2c(c([2H])c1[2H])c([2H])c([2H])c1c([2H])c([2H])c(-c3ccc(-c4cccc(-c5ccc(-c6cccc7ccccc67)o5)c4)c4ccccc34)nc12. The van der Waals surface area contributed by atoms with Gasteiger partial charge in [0.2, 0.25) is 0 Å². The molecule has 0 spiro atoms. The summed E-state index contributed by atoms with van der Waals surface area (Å²) in [7, 11) is 0. The third-order valence-electron chi connectivity index (χ3n) is 8.25. The largest absolute Gasteiger partial charge is 0.456 e. The first kappa shape index (κ1) is 19.3. The molecule has 3 heteroatoms. The van der Waals surface area contributed by atoms with E-state index in [1.807, 2.05) is 84.9 Å². The van der Waals surface area contributed by atoms with Gasteiger partial charge >= 0.3 is 0 Å². The Morgan fingerprint density at radius 2 is 1.18 bits per heavy atom. The number of fused-ring (bicyclic) bond motifs is 5. The van der Waals surface area contributed by atoms with Crippen molar-refractivity contribution in [3.05, 3.63) is 158 Å². The van der Waals surface area contributed by atoms with Gasteiger partial charge in [-0.15, -0.1) is 0 Å². The van der Waals surface area contributed by atoms with E-state index in [0.29, 0.717) is 5.56 Å². The van der Waals surface area contributed by atoms with Crippen LogP contribution in [0.4, 0.5) is 0 Å². The van der Waals surface area contributed by atoms with E-state index in [4.69, 9.17) is 19.0 Å². The zero-order chi connectivity index (χ0) is 35.8. The highest BCUT2D eigenvalue weighted by Gasteiger charge is 2.14. The van der Waals surface area contributed by atoms with Crippen molar-refractivity contribution in [2.75, 3.05) is 0 Å². The normalized spacial score (nSPS) is 13.7. The van der Waals surface area contributed by atoms with Crippen LogP contribution < -0.4 is 0 Å². The minimum Gasteiger partial charge on any atom is -0.456 e. The first-order valence-electron chi connectivity index (χ1n) is 18.1. The molecule has 0 aliphatic rings. The van der Waals surface area contributed by atoms with Gasteiger partial charge in [-0.3, -0.25) is 4.98 Å². The van der Waals surface area contributed by atoms with Gasteiger partial charge in [0.15, 0.2) is 0 Å². The number of aromatic nitrogens is 2. The molecule has 9 aromatic rings. The molecular formula is C42H26N2O. The fraction of sp³-hybridized carbons (Fsp3) is 0. The second-order valence-corrected chi connectivity index (χ2v) is 10.9. The lowest BCUT2D eigenvalue weighted by molar-refractivity contribution is 0.598. The number of pyridine rings is 2. The van der Waals surface area contributed by atoms with E-state index >= 15 is 0 Å². The van der Waals surface area contributed by atoms with Gasteiger partial charge in [0, 0.05) is 33.6 Å². The van der Waals surface area contributed by atoms with Crippen molar-refractivity contribution in [1.29, 1.82) is 0 Å². The Balaban J connectivity index is 1.19. The van der Waals surface area contributed by atoms with Crippen LogP contribution >= 0.6 is 0 Å². The van der Waals surface area contributed by atoms with Crippen LogP contribution in [-0.4, -0.2) is 9.97 Å². The molecule has 6 aromatic carbocycles. The zero-order valence-corrected chi connectivity index (χ0v) is 23.8. The lowest BCUT2D eigenvalue weighted by atomic mass is 9.92. The van der Waals surface area contributed by atoms with Crippen molar-refractivity contribution in [1.82, 2.24) is 9.97 Å². The molecular weight excluding hydrogens is 548 g/mol. The topological polar surface area (TPSA) is 38.9 Å². The quantitative estimate of drug-likeness (QED) is 0.194. The van der Waals surface area contributed by atoms with E-state index in [0.717, 1.165) is 55.3 Å². The van der Waals surface area contributed by atoms with E-state index < -0.39 is 18.3 Å². The van der Waals surface area contributed by atoms with Crippen LogP contribution in [-0.2, 0) is 0 Å². The van der Waals surface area contributed by atoms with Gasteiger partial charge in [0.1, 0.15) is 11.5 Å². The maximum Gasteiger partial charge on any atom is 0.135 e. The Labute approximate surface area is 269 Å². The van der Waals surface area contributed by atoms with Crippen LogP contribution in [0.25, 0.3) is 88.4 Å². The molecule has 0 saturated heterocycles. The third kappa shape index (κ3) is 4.29. The molecule has 0 bridgehead atoms. The highest BCUT2D eigenvalue weighted by atomic mass is 16.3. The van der Waals surface area contributed by atoms with Crippen LogP contribution in [0.3, 0.4) is 0 Å². The van der Waals surface area contributed by atoms with Gasteiger partial charge in [0.05, 0.1) is 26.3 Å². The van der Waals surface area contributed by atoms with Gasteiger partial charge < -0.3 is 4.42 Å². The second kappa shape index (κ2) is 10.3. The molecule has 0 N–H and O–H groups in total. The van der Waals surface area contributed by atoms with E-state index in [2.05, 4.69) is 35.3 Å². The second-order valence-electron chi connectivity index (χ2n) is 10.9. The molecule has 9 rings (SSSR count).